The molecule has 0 spiro atoms. The van der Waals surface area contributed by atoms with Crippen LogP contribution in [0.3, 0.4) is 0 Å². The van der Waals surface area contributed by atoms with Crippen LogP contribution in [0.5, 0.6) is 0 Å². The van der Waals surface area contributed by atoms with Gasteiger partial charge in [0.25, 0.3) is 0 Å². The van der Waals surface area contributed by atoms with Crippen LogP contribution in [0.2, 0.25) is 0 Å². The minimum Gasteiger partial charge on any atom is -0.478 e. The topological polar surface area (TPSA) is 43.8 Å². The van der Waals surface area contributed by atoms with Gasteiger partial charge in [-0.25, -0.2) is 4.79 Å². The van der Waals surface area contributed by atoms with Crippen LogP contribution >= 0.6 is 0 Å². The Labute approximate surface area is 162 Å². The Balaban J connectivity index is 1.95. The summed E-state index contributed by atoms with van der Waals surface area (Å²) >= 11 is 0. The lowest BCUT2D eigenvalue weighted by atomic mass is 10.1. The molecule has 2 aliphatic rings. The molecule has 28 heavy (non-hydrogen) atoms. The second kappa shape index (κ2) is 8.71. The van der Waals surface area contributed by atoms with E-state index >= 15 is 0 Å². The van der Waals surface area contributed by atoms with Crippen LogP contribution in [-0.2, 0) is 11.0 Å². The molecule has 0 bridgehead atoms. The molecule has 0 aromatic heterocycles. The molecule has 2 heterocycles. The van der Waals surface area contributed by atoms with Gasteiger partial charge in [-0.3, -0.25) is 0 Å². The number of anilines is 2. The average molecular weight is 394 g/mol. The maximum absolute atomic E-state index is 13.3. The van der Waals surface area contributed by atoms with Crippen molar-refractivity contribution in [3.05, 3.63) is 47.7 Å². The minimum atomic E-state index is -4.43. The van der Waals surface area contributed by atoms with Crippen molar-refractivity contribution in [2.45, 2.75) is 44.7 Å². The Morgan fingerprint density at radius 1 is 0.964 bits per heavy atom. The molecular formula is C21H25F3N2O2. The van der Waals surface area contributed by atoms with E-state index in [1.807, 2.05) is 0 Å². The summed E-state index contributed by atoms with van der Waals surface area (Å²) in [6, 6.07) is 3.86. The summed E-state index contributed by atoms with van der Waals surface area (Å²) in [7, 11) is 0. The van der Waals surface area contributed by atoms with Gasteiger partial charge in [0.05, 0.1) is 22.5 Å². The summed E-state index contributed by atoms with van der Waals surface area (Å²) in [5, 5.41) is 9.09. The second-order valence-corrected chi connectivity index (χ2v) is 7.24. The van der Waals surface area contributed by atoms with E-state index in [0.29, 0.717) is 5.69 Å². The van der Waals surface area contributed by atoms with Gasteiger partial charge in [-0.05, 0) is 37.1 Å². The van der Waals surface area contributed by atoms with Gasteiger partial charge in [0.1, 0.15) is 0 Å². The van der Waals surface area contributed by atoms with Crippen molar-refractivity contribution in [3.8, 4) is 0 Å². The van der Waals surface area contributed by atoms with Gasteiger partial charge in [-0.1, -0.05) is 31.8 Å². The van der Waals surface area contributed by atoms with E-state index in [-0.39, 0.29) is 12.1 Å². The minimum absolute atomic E-state index is 0.146. The summed E-state index contributed by atoms with van der Waals surface area (Å²) in [5.74, 6) is -1.04. The molecule has 1 fully saturated rings. The molecule has 0 saturated carbocycles. The molecule has 1 saturated heterocycles. The summed E-state index contributed by atoms with van der Waals surface area (Å²) in [6.07, 6.45) is 6.75. The Morgan fingerprint density at radius 2 is 1.61 bits per heavy atom. The van der Waals surface area contributed by atoms with Gasteiger partial charge in [-0.15, -0.1) is 0 Å². The average Bonchev–Trinajstić information content (AvgIpc) is 2.81. The first-order chi connectivity index (χ1) is 13.4. The molecule has 1 aromatic carbocycles. The highest BCUT2D eigenvalue weighted by molar-refractivity contribution is 5.90. The molecule has 2 aliphatic heterocycles. The molecule has 1 N–H and O–H groups in total. The van der Waals surface area contributed by atoms with Crippen LogP contribution in [0, 0.1) is 0 Å². The predicted octanol–water partition coefficient (Wildman–Crippen LogP) is 5.21. The Morgan fingerprint density at radius 3 is 2.14 bits per heavy atom. The SMILES string of the molecule is O=C(O)C1=CCN(c2cc(C(F)(F)F)ccc2N2CCCCCCCC2)C=C1. The van der Waals surface area contributed by atoms with E-state index in [4.69, 9.17) is 5.11 Å². The quantitative estimate of drug-likeness (QED) is 0.764. The van der Waals surface area contributed by atoms with Crippen molar-refractivity contribution in [1.82, 2.24) is 0 Å². The van der Waals surface area contributed by atoms with Crippen LogP contribution < -0.4 is 9.80 Å². The highest BCUT2D eigenvalue weighted by atomic mass is 19.4. The number of aliphatic carboxylic acids is 1. The monoisotopic (exact) mass is 394 g/mol. The smallest absolute Gasteiger partial charge is 0.416 e. The number of carboxylic acid groups (broad SMARTS) is 1. The van der Waals surface area contributed by atoms with E-state index < -0.39 is 17.7 Å². The number of rotatable bonds is 3. The maximum atomic E-state index is 13.3. The fraction of sp³-hybridized carbons (Fsp3) is 0.476. The van der Waals surface area contributed by atoms with Gasteiger partial charge in [0, 0.05) is 25.8 Å². The Bertz CT molecular complexity index is 761. The van der Waals surface area contributed by atoms with Crippen LogP contribution in [0.15, 0.2) is 42.1 Å². The summed E-state index contributed by atoms with van der Waals surface area (Å²) in [4.78, 5) is 15.0. The highest BCUT2D eigenvalue weighted by Gasteiger charge is 2.32. The molecule has 1 aromatic rings. The number of carboxylic acids is 1. The van der Waals surface area contributed by atoms with E-state index in [1.165, 1.54) is 31.1 Å². The lowest BCUT2D eigenvalue weighted by Gasteiger charge is -2.32. The van der Waals surface area contributed by atoms with Gasteiger partial charge in [0.15, 0.2) is 0 Å². The van der Waals surface area contributed by atoms with Crippen LogP contribution in [0.25, 0.3) is 0 Å². The molecule has 7 heteroatoms. The number of hydrogen-bond acceptors (Lipinski definition) is 3. The zero-order valence-electron chi connectivity index (χ0n) is 15.7. The van der Waals surface area contributed by atoms with E-state index in [0.717, 1.165) is 50.5 Å². The number of halogens is 3. The molecule has 0 unspecified atom stereocenters. The summed E-state index contributed by atoms with van der Waals surface area (Å²) in [5.41, 5.74) is 0.683. The van der Waals surface area contributed by atoms with Crippen molar-refractivity contribution in [2.75, 3.05) is 29.4 Å². The van der Waals surface area contributed by atoms with E-state index in [9.17, 15) is 18.0 Å². The third kappa shape index (κ3) is 4.88. The van der Waals surface area contributed by atoms with Crippen LogP contribution in [0.1, 0.15) is 44.1 Å². The van der Waals surface area contributed by atoms with Crippen molar-refractivity contribution >= 4 is 17.3 Å². The van der Waals surface area contributed by atoms with E-state index in [1.54, 1.807) is 17.2 Å². The first-order valence-electron chi connectivity index (χ1n) is 9.71. The van der Waals surface area contributed by atoms with E-state index in [2.05, 4.69) is 4.90 Å². The third-order valence-corrected chi connectivity index (χ3v) is 5.25. The van der Waals surface area contributed by atoms with Crippen molar-refractivity contribution in [3.63, 3.8) is 0 Å². The number of carbonyl (C=O) groups is 1. The molecule has 0 aliphatic carbocycles. The zero-order valence-corrected chi connectivity index (χ0v) is 15.7. The van der Waals surface area contributed by atoms with Gasteiger partial charge in [-0.2, -0.15) is 13.2 Å². The molecule has 0 radical (unpaired) electrons. The number of benzene rings is 1. The van der Waals surface area contributed by atoms with Gasteiger partial charge < -0.3 is 14.9 Å². The number of hydrogen-bond donors (Lipinski definition) is 1. The molecular weight excluding hydrogens is 369 g/mol. The lowest BCUT2D eigenvalue weighted by molar-refractivity contribution is -0.137. The molecule has 0 amide bonds. The Kier molecular flexibility index (Phi) is 6.31. The van der Waals surface area contributed by atoms with Crippen LogP contribution in [-0.4, -0.2) is 30.7 Å². The molecule has 152 valence electrons. The van der Waals surface area contributed by atoms with Crippen molar-refractivity contribution in [1.29, 1.82) is 0 Å². The van der Waals surface area contributed by atoms with Crippen molar-refractivity contribution in [2.24, 2.45) is 0 Å². The molecule has 0 atom stereocenters. The van der Waals surface area contributed by atoms with Gasteiger partial charge in [0.2, 0.25) is 0 Å². The molecule has 4 nitrogen and oxygen atoms in total. The second-order valence-electron chi connectivity index (χ2n) is 7.24. The summed E-state index contributed by atoms with van der Waals surface area (Å²) < 4.78 is 39.9. The fourth-order valence-electron chi connectivity index (χ4n) is 3.70. The summed E-state index contributed by atoms with van der Waals surface area (Å²) in [6.45, 7) is 1.85. The maximum Gasteiger partial charge on any atom is 0.416 e. The third-order valence-electron chi connectivity index (χ3n) is 5.25. The van der Waals surface area contributed by atoms with Crippen LogP contribution in [0.4, 0.5) is 24.5 Å². The number of nitrogens with zero attached hydrogens (tertiary/aromatic N) is 2. The lowest BCUT2D eigenvalue weighted by Crippen LogP contribution is -2.29. The highest BCUT2D eigenvalue weighted by Crippen LogP contribution is 2.38. The first-order valence-corrected chi connectivity index (χ1v) is 9.71. The number of alkyl halides is 3. The van der Waals surface area contributed by atoms with Gasteiger partial charge >= 0.3 is 12.1 Å². The standard InChI is InChI=1S/C21H25F3N2O2/c22-21(23,24)17-7-8-18(25-11-5-3-1-2-4-6-12-25)19(15-17)26-13-9-16(10-14-26)20(27)28/h7-10,13,15H,1-6,11-12,14H2,(H,27,28). The zero-order chi connectivity index (χ0) is 20.1. The predicted molar refractivity (Wildman–Crippen MR) is 104 cm³/mol. The Hall–Kier alpha value is -2.44. The fourth-order valence-corrected chi connectivity index (χ4v) is 3.70. The normalized spacial score (nSPS) is 18.9. The largest absolute Gasteiger partial charge is 0.478 e. The first kappa shape index (κ1) is 20.3. The van der Waals surface area contributed by atoms with Crippen molar-refractivity contribution < 1.29 is 23.1 Å². The molecule has 3 rings (SSSR count).